The zero-order valence-electron chi connectivity index (χ0n) is 5.55. The summed E-state index contributed by atoms with van der Waals surface area (Å²) in [6.45, 7) is 2.00. The van der Waals surface area contributed by atoms with Crippen LogP contribution in [0.1, 0.15) is 0 Å². The van der Waals surface area contributed by atoms with Crippen LogP contribution in [-0.2, 0) is 4.74 Å². The monoisotopic (exact) mass is 150 g/mol. The quantitative estimate of drug-likeness (QED) is 0.254. The molecule has 1 saturated heterocycles. The molecule has 1 rings (SSSR count). The van der Waals surface area contributed by atoms with Gasteiger partial charge in [0.15, 0.2) is 0 Å². The molecule has 1 aliphatic heterocycles. The molecule has 0 aromatic carbocycles. The Morgan fingerprint density at radius 2 is 1.33 bits per heavy atom. The summed E-state index contributed by atoms with van der Waals surface area (Å²) in [5.41, 5.74) is 0. The van der Waals surface area contributed by atoms with E-state index in [9.17, 15) is 0 Å². The van der Waals surface area contributed by atoms with E-state index in [-0.39, 0.29) is 59.1 Å². The van der Waals surface area contributed by atoms with Crippen LogP contribution in [0.2, 0.25) is 0 Å². The molecule has 6 heteroatoms. The number of carboxylic acid groups (broad SMARTS) is 2. The molecule has 0 spiro atoms. The van der Waals surface area contributed by atoms with Gasteiger partial charge in [0.05, 0.1) is 13.2 Å². The van der Waals surface area contributed by atoms with Crippen molar-refractivity contribution in [3.8, 4) is 0 Å². The van der Waals surface area contributed by atoms with E-state index in [0.717, 1.165) is 13.2 Å². The van der Waals surface area contributed by atoms with Crippen molar-refractivity contribution in [1.82, 2.24) is 0 Å². The van der Waals surface area contributed by atoms with Gasteiger partial charge in [-0.3, -0.25) is 0 Å². The van der Waals surface area contributed by atoms with Crippen LogP contribution in [-0.4, -0.2) is 19.4 Å². The van der Waals surface area contributed by atoms with Crippen LogP contribution in [0.3, 0.4) is 0 Å². The molecule has 0 atom stereocenters. The molecule has 9 heavy (non-hydrogen) atoms. The molecule has 4 nitrogen and oxygen atoms in total. The van der Waals surface area contributed by atoms with Gasteiger partial charge < -0.3 is 19.7 Å². The number of rotatable bonds is 0. The van der Waals surface area contributed by atoms with Gasteiger partial charge in [0, 0.05) is 0 Å². The summed E-state index contributed by atoms with van der Waals surface area (Å²) in [4.78, 5) is 8.33. The average molecular weight is 150 g/mol. The summed E-state index contributed by atoms with van der Waals surface area (Å²) >= 11 is 0. The Kier molecular flexibility index (Phi) is 22.2. The van der Waals surface area contributed by atoms with Gasteiger partial charge in [-0.25, -0.2) is 0 Å². The third-order valence-corrected chi connectivity index (χ3v) is 0.204. The van der Waals surface area contributed by atoms with Gasteiger partial charge in [0.25, 0.3) is 0 Å². The fraction of sp³-hybridized carbons (Fsp3) is 0.667. The number of hydrogen-bond donors (Lipinski definition) is 0. The smallest absolute Gasteiger partial charge is 0.652 e. The van der Waals surface area contributed by atoms with Crippen molar-refractivity contribution in [1.29, 1.82) is 0 Å². The third-order valence-electron chi connectivity index (χ3n) is 0.204. The normalized spacial score (nSPS) is 10.7. The van der Waals surface area contributed by atoms with Gasteiger partial charge >= 0.3 is 59.1 Å². The van der Waals surface area contributed by atoms with E-state index in [1.807, 2.05) is 0 Å². The second kappa shape index (κ2) is 12.0. The maximum Gasteiger partial charge on any atom is 1.00 e. The van der Waals surface area contributed by atoms with Crippen LogP contribution in [0.5, 0.6) is 0 Å². The van der Waals surface area contributed by atoms with E-state index in [4.69, 9.17) is 15.0 Å². The van der Waals surface area contributed by atoms with Crippen LogP contribution >= 0.6 is 0 Å². The van der Waals surface area contributed by atoms with Gasteiger partial charge in [-0.2, -0.15) is 0 Å². The molecule has 1 heterocycles. The van der Waals surface area contributed by atoms with Crippen LogP contribution in [0, 0.1) is 0 Å². The van der Waals surface area contributed by atoms with Crippen LogP contribution < -0.4 is 69.3 Å². The predicted octanol–water partition coefficient (Wildman–Crippen LogP) is -8.42. The first-order chi connectivity index (χ1) is 3.23. The summed E-state index contributed by atoms with van der Waals surface area (Å²) in [7, 11) is 0. The third kappa shape index (κ3) is 97.0. The second-order valence-corrected chi connectivity index (χ2v) is 0.862. The predicted molar refractivity (Wildman–Crippen MR) is 16.2 cm³/mol. The number of ether oxygens (including phenoxy) is 1. The number of hydrogen-bond acceptors (Lipinski definition) is 4. The Balaban J connectivity index is -0.0000000660. The molecule has 0 aromatic heterocycles. The van der Waals surface area contributed by atoms with Crippen LogP contribution in [0.25, 0.3) is 0 Å². The molecule has 0 saturated carbocycles. The average Bonchev–Trinajstić information content (AvgIpc) is 2.02. The van der Waals surface area contributed by atoms with Crippen molar-refractivity contribution >= 4 is 6.16 Å². The SMILES string of the molecule is C1CO1.O=C([O-])[O-].[Na+].[Na+]. The first-order valence-corrected chi connectivity index (χ1v) is 1.69. The molecular weight excluding hydrogens is 146 g/mol. The minimum Gasteiger partial charge on any atom is -0.652 e. The maximum absolute atomic E-state index is 8.33. The molecule has 0 radical (unpaired) electrons. The first kappa shape index (κ1) is 16.7. The summed E-state index contributed by atoms with van der Waals surface area (Å²) < 4.78 is 4.50. The van der Waals surface area contributed by atoms with Crippen molar-refractivity contribution in [2.24, 2.45) is 0 Å². The molecule has 1 aliphatic rings. The van der Waals surface area contributed by atoms with Crippen molar-refractivity contribution < 1.29 is 78.9 Å². The topological polar surface area (TPSA) is 75.7 Å². The Labute approximate surface area is 97.2 Å². The minimum atomic E-state index is -2.33. The summed E-state index contributed by atoms with van der Waals surface area (Å²) in [5, 5.41) is 16.7. The van der Waals surface area contributed by atoms with E-state index in [2.05, 4.69) is 4.74 Å². The Morgan fingerprint density at radius 1 is 1.22 bits per heavy atom. The van der Waals surface area contributed by atoms with Gasteiger partial charge in [0.2, 0.25) is 0 Å². The molecule has 0 bridgehead atoms. The van der Waals surface area contributed by atoms with Crippen LogP contribution in [0.4, 0.5) is 4.79 Å². The van der Waals surface area contributed by atoms with Gasteiger partial charge in [-0.15, -0.1) is 0 Å². The zero-order chi connectivity index (χ0) is 5.70. The van der Waals surface area contributed by atoms with E-state index in [1.165, 1.54) is 0 Å². The Bertz CT molecular complexity index is 58.1. The largest absolute Gasteiger partial charge is 1.00 e. The fourth-order valence-electron chi connectivity index (χ4n) is 0. The van der Waals surface area contributed by atoms with Crippen molar-refractivity contribution in [3.05, 3.63) is 0 Å². The number of carbonyl (C=O) groups excluding carboxylic acids is 1. The molecule has 0 N–H and O–H groups in total. The summed E-state index contributed by atoms with van der Waals surface area (Å²) in [6.07, 6.45) is -2.33. The standard InChI is InChI=1S/C2H4O.CH2O3.2Na/c1-2-3-1;2-1(3)4;;/h1-2H2;(H2,2,3,4);;/q;;2*+1/p-2. The molecule has 0 aliphatic carbocycles. The van der Waals surface area contributed by atoms with E-state index in [1.54, 1.807) is 0 Å². The summed E-state index contributed by atoms with van der Waals surface area (Å²) in [5.74, 6) is 0. The molecule has 0 unspecified atom stereocenters. The first-order valence-electron chi connectivity index (χ1n) is 1.69. The molecule has 0 amide bonds. The van der Waals surface area contributed by atoms with Crippen molar-refractivity contribution in [2.75, 3.05) is 13.2 Å². The van der Waals surface area contributed by atoms with Crippen LogP contribution in [0.15, 0.2) is 0 Å². The maximum atomic E-state index is 8.33. The van der Waals surface area contributed by atoms with E-state index < -0.39 is 6.16 Å². The zero-order valence-corrected chi connectivity index (χ0v) is 9.55. The van der Waals surface area contributed by atoms with Crippen molar-refractivity contribution in [3.63, 3.8) is 0 Å². The minimum absolute atomic E-state index is 0. The van der Waals surface area contributed by atoms with Gasteiger partial charge in [-0.1, -0.05) is 0 Å². The fourth-order valence-corrected chi connectivity index (χ4v) is 0. The number of epoxide rings is 1. The van der Waals surface area contributed by atoms with Gasteiger partial charge in [0.1, 0.15) is 0 Å². The van der Waals surface area contributed by atoms with Crippen molar-refractivity contribution in [2.45, 2.75) is 0 Å². The van der Waals surface area contributed by atoms with Gasteiger partial charge in [-0.05, 0) is 6.16 Å². The van der Waals surface area contributed by atoms with E-state index in [0.29, 0.717) is 0 Å². The number of carbonyl (C=O) groups is 1. The molecular formula is C3H4Na2O4. The second-order valence-electron chi connectivity index (χ2n) is 0.862. The Morgan fingerprint density at radius 3 is 1.33 bits per heavy atom. The molecule has 42 valence electrons. The molecule has 0 aromatic rings. The summed E-state index contributed by atoms with van der Waals surface area (Å²) in [6, 6.07) is 0. The molecule has 1 fully saturated rings. The Hall–Kier alpha value is 1.23. The van der Waals surface area contributed by atoms with E-state index >= 15 is 0 Å².